The molecule has 4 aromatic rings. The molecule has 0 unspecified atom stereocenters. The number of aliphatic hydroxyl groups is 2. The van der Waals surface area contributed by atoms with Crippen molar-refractivity contribution in [3.63, 3.8) is 0 Å². The van der Waals surface area contributed by atoms with Crippen molar-refractivity contribution in [3.05, 3.63) is 91.6 Å². The van der Waals surface area contributed by atoms with Gasteiger partial charge in [0.15, 0.2) is 12.3 Å². The van der Waals surface area contributed by atoms with Gasteiger partial charge in [-0.2, -0.15) is 26.3 Å². The highest BCUT2D eigenvalue weighted by molar-refractivity contribution is 6.30. The number of halogens is 8. The number of nitrogens with zero attached hydrogens (tertiary/aromatic N) is 4. The smallest absolute Gasteiger partial charge is 0.364 e. The highest BCUT2D eigenvalue weighted by Crippen LogP contribution is 2.42. The number of hydrogen-bond acceptors (Lipinski definition) is 7. The molecule has 0 bridgehead atoms. The average molecular weight is 618 g/mol. The van der Waals surface area contributed by atoms with E-state index in [1.807, 2.05) is 5.32 Å². The van der Waals surface area contributed by atoms with Crippen molar-refractivity contribution in [3.8, 4) is 0 Å². The van der Waals surface area contributed by atoms with Crippen LogP contribution in [0.1, 0.15) is 40.1 Å². The van der Waals surface area contributed by atoms with Gasteiger partial charge in [0.2, 0.25) is 5.95 Å². The number of pyridine rings is 1. The van der Waals surface area contributed by atoms with Gasteiger partial charge in [0.1, 0.15) is 11.6 Å². The summed E-state index contributed by atoms with van der Waals surface area (Å²) < 4.78 is 100. The van der Waals surface area contributed by atoms with Crippen LogP contribution in [0.2, 0.25) is 5.02 Å². The van der Waals surface area contributed by atoms with Crippen molar-refractivity contribution in [2.24, 2.45) is 7.05 Å². The van der Waals surface area contributed by atoms with Crippen molar-refractivity contribution in [2.75, 3.05) is 10.2 Å². The van der Waals surface area contributed by atoms with Crippen LogP contribution in [0.15, 0.2) is 47.4 Å². The fraction of sp³-hybridized carbons (Fsp3) is 0.269. The van der Waals surface area contributed by atoms with Gasteiger partial charge in [-0.05, 0) is 41.5 Å². The van der Waals surface area contributed by atoms with Gasteiger partial charge in [0.05, 0.1) is 27.1 Å². The van der Waals surface area contributed by atoms with E-state index in [9.17, 15) is 45.7 Å². The van der Waals surface area contributed by atoms with Gasteiger partial charge in [-0.3, -0.25) is 9.36 Å². The molecule has 0 fully saturated rings. The molecule has 0 amide bonds. The Labute approximate surface area is 236 Å². The van der Waals surface area contributed by atoms with Crippen LogP contribution >= 0.6 is 11.6 Å². The number of rotatable bonds is 5. The molecule has 42 heavy (non-hydrogen) atoms. The molecule has 1 aliphatic rings. The molecular formula is C26H19ClF7N5O3. The fourth-order valence-corrected chi connectivity index (χ4v) is 4.97. The largest absolute Gasteiger partial charge is 0.416 e. The summed E-state index contributed by atoms with van der Waals surface area (Å²) in [6.45, 7) is 0.132. The third-order valence-corrected chi connectivity index (χ3v) is 6.98. The van der Waals surface area contributed by atoms with Crippen LogP contribution in [0.4, 0.5) is 42.5 Å². The van der Waals surface area contributed by atoms with Crippen LogP contribution in [0, 0.1) is 5.82 Å². The first kappa shape index (κ1) is 29.5. The van der Waals surface area contributed by atoms with Gasteiger partial charge in [-0.25, -0.2) is 14.4 Å². The summed E-state index contributed by atoms with van der Waals surface area (Å²) >= 11 is 5.78. The summed E-state index contributed by atoms with van der Waals surface area (Å²) in [5.74, 6) is -1.43. The maximum absolute atomic E-state index is 14.6. The van der Waals surface area contributed by atoms with E-state index in [1.165, 1.54) is 30.1 Å². The van der Waals surface area contributed by atoms with E-state index < -0.39 is 69.5 Å². The minimum absolute atomic E-state index is 0.0300. The minimum Gasteiger partial charge on any atom is -0.364 e. The lowest BCUT2D eigenvalue weighted by Gasteiger charge is -2.27. The SMILES string of the molecule is Cn1c(N2Cc3ccc(F)cc3C2)nc2c([C@H](Nc3ncc(Cl)cc3C(O)O)C(F)(F)F)cc(C(F)(F)F)cc2c1=O. The molecule has 16 heteroatoms. The van der Waals surface area contributed by atoms with E-state index in [1.54, 1.807) is 0 Å². The van der Waals surface area contributed by atoms with Crippen LogP contribution in [0.3, 0.4) is 0 Å². The fourth-order valence-electron chi connectivity index (χ4n) is 4.81. The summed E-state index contributed by atoms with van der Waals surface area (Å²) in [7, 11) is 1.21. The number of alkyl halides is 6. The van der Waals surface area contributed by atoms with Crippen molar-refractivity contribution < 1.29 is 40.9 Å². The lowest BCUT2D eigenvalue weighted by Crippen LogP contribution is -2.32. The van der Waals surface area contributed by atoms with Gasteiger partial charge in [0, 0.05) is 31.9 Å². The van der Waals surface area contributed by atoms with E-state index in [4.69, 9.17) is 11.6 Å². The Bertz CT molecular complexity index is 1760. The molecule has 3 N–H and O–H groups in total. The number of anilines is 2. The van der Waals surface area contributed by atoms with Crippen molar-refractivity contribution >= 4 is 34.3 Å². The highest BCUT2D eigenvalue weighted by atomic mass is 35.5. The first-order valence-electron chi connectivity index (χ1n) is 12.0. The molecule has 0 spiro atoms. The summed E-state index contributed by atoms with van der Waals surface area (Å²) in [5, 5.41) is 20.4. The quantitative estimate of drug-likeness (QED) is 0.205. The van der Waals surface area contributed by atoms with Crippen molar-refractivity contribution in [2.45, 2.75) is 37.8 Å². The number of benzene rings is 2. The van der Waals surface area contributed by atoms with Crippen LogP contribution in [-0.4, -0.2) is 30.9 Å². The molecule has 3 heterocycles. The van der Waals surface area contributed by atoms with E-state index in [2.05, 4.69) is 9.97 Å². The second-order valence-corrected chi connectivity index (χ2v) is 10.0. The summed E-state index contributed by atoms with van der Waals surface area (Å²) in [5.41, 5.74) is -3.72. The number of fused-ring (bicyclic) bond motifs is 2. The zero-order valence-electron chi connectivity index (χ0n) is 21.2. The molecule has 0 radical (unpaired) electrons. The van der Waals surface area contributed by atoms with Crippen LogP contribution in [0.25, 0.3) is 10.9 Å². The first-order chi connectivity index (χ1) is 19.5. The van der Waals surface area contributed by atoms with Gasteiger partial charge in [-0.15, -0.1) is 0 Å². The predicted molar refractivity (Wildman–Crippen MR) is 137 cm³/mol. The Balaban J connectivity index is 1.74. The number of hydrogen-bond donors (Lipinski definition) is 3. The zero-order chi connectivity index (χ0) is 30.7. The van der Waals surface area contributed by atoms with Gasteiger partial charge < -0.3 is 20.4 Å². The number of aliphatic hydroxyl groups excluding tert-OH is 1. The monoisotopic (exact) mass is 617 g/mol. The molecule has 0 saturated heterocycles. The second kappa shape index (κ2) is 10.4. The van der Waals surface area contributed by atoms with E-state index in [0.717, 1.165) is 16.8 Å². The zero-order valence-corrected chi connectivity index (χ0v) is 22.0. The predicted octanol–water partition coefficient (Wildman–Crippen LogP) is 5.36. The minimum atomic E-state index is -5.31. The van der Waals surface area contributed by atoms with E-state index in [-0.39, 0.29) is 30.1 Å². The molecule has 0 saturated carbocycles. The number of nitrogens with one attached hydrogen (secondary N) is 1. The Morgan fingerprint density at radius 2 is 1.69 bits per heavy atom. The van der Waals surface area contributed by atoms with Gasteiger partial charge in [-0.1, -0.05) is 17.7 Å². The summed E-state index contributed by atoms with van der Waals surface area (Å²) in [6.07, 6.45) is -11.9. The maximum Gasteiger partial charge on any atom is 0.416 e. The number of aromatic nitrogens is 3. The standard InChI is InChI=1S/C26H19ClF7N5O3/c1-38-22(40)17-6-13(25(29,30)31)5-16(19(17)36-24(38)39-9-11-2-3-15(28)4-12(11)10-39)20(26(32,33)34)37-21-18(23(41)42)7-14(27)8-35-21/h2-8,20,23,41-42H,9-10H2,1H3,(H,35,37)/t20-/m0/s1. The molecule has 2 aromatic heterocycles. The Morgan fingerprint density at radius 3 is 2.33 bits per heavy atom. The van der Waals surface area contributed by atoms with E-state index in [0.29, 0.717) is 17.2 Å². The molecule has 222 valence electrons. The Morgan fingerprint density at radius 1 is 1.00 bits per heavy atom. The third-order valence-electron chi connectivity index (χ3n) is 6.77. The maximum atomic E-state index is 14.6. The van der Waals surface area contributed by atoms with Crippen LogP contribution in [0.5, 0.6) is 0 Å². The van der Waals surface area contributed by atoms with E-state index >= 15 is 0 Å². The first-order valence-corrected chi connectivity index (χ1v) is 12.4. The molecule has 8 nitrogen and oxygen atoms in total. The second-order valence-electron chi connectivity index (χ2n) is 9.59. The highest BCUT2D eigenvalue weighted by Gasteiger charge is 2.45. The summed E-state index contributed by atoms with van der Waals surface area (Å²) in [4.78, 5) is 22.7. The normalized spacial score (nSPS) is 14.5. The molecule has 0 aliphatic carbocycles. The Hall–Kier alpha value is -3.95. The van der Waals surface area contributed by atoms with Crippen LogP contribution in [-0.2, 0) is 26.3 Å². The molecular weight excluding hydrogens is 599 g/mol. The van der Waals surface area contributed by atoms with Crippen molar-refractivity contribution in [1.82, 2.24) is 14.5 Å². The van der Waals surface area contributed by atoms with Gasteiger partial charge in [0.25, 0.3) is 5.56 Å². The van der Waals surface area contributed by atoms with Crippen LogP contribution < -0.4 is 15.8 Å². The summed E-state index contributed by atoms with van der Waals surface area (Å²) in [6, 6.07) is 2.58. The molecule has 1 aliphatic heterocycles. The third kappa shape index (κ3) is 5.46. The lowest BCUT2D eigenvalue weighted by atomic mass is 9.98. The van der Waals surface area contributed by atoms with Gasteiger partial charge >= 0.3 is 12.4 Å². The Kier molecular flexibility index (Phi) is 7.31. The molecule has 5 rings (SSSR count). The average Bonchev–Trinajstić information content (AvgIpc) is 3.31. The lowest BCUT2D eigenvalue weighted by molar-refractivity contribution is -0.145. The molecule has 2 aromatic carbocycles. The van der Waals surface area contributed by atoms with Crippen molar-refractivity contribution in [1.29, 1.82) is 0 Å². The topological polar surface area (TPSA) is 104 Å². The molecule has 1 atom stereocenters.